The van der Waals surface area contributed by atoms with Crippen molar-refractivity contribution in [3.63, 3.8) is 0 Å². The molecule has 0 saturated carbocycles. The molecule has 0 aliphatic carbocycles. The van der Waals surface area contributed by atoms with Crippen LogP contribution in [0, 0.1) is 0 Å². The van der Waals surface area contributed by atoms with Gasteiger partial charge in [-0.05, 0) is 11.4 Å². The molecule has 262 valence electrons. The Morgan fingerprint density at radius 1 is 0.718 bits per heavy atom. The van der Waals surface area contributed by atoms with Crippen molar-refractivity contribution in [1.29, 1.82) is 0 Å². The molecule has 0 aliphatic heterocycles. The van der Waals surface area contributed by atoms with Gasteiger partial charge in [-0.2, -0.15) is 26.5 Å². The standard InChI is InChI=1S/C4H5F5.C2H5F.CH2F2O.3CH2F2.2CH3F.5CH4.FHO3S/c5-2-1-3(6)4(7,8)9;1-2-3;2-1-4-3;3*2-1-3;2*1-2;;;;;;1-5(2,3)4/h3H,1-2H2;2H2,1H3;1H2;3*1H2;2*1H3;5*1H4;(H,2,3,4). The summed E-state index contributed by atoms with van der Waals surface area (Å²) in [4.78, 5) is 2.38. The van der Waals surface area contributed by atoms with E-state index in [1.165, 1.54) is 6.92 Å². The minimum Gasteiger partial charge on any atom is -0.260 e. The number of rotatable bonds is 3. The van der Waals surface area contributed by atoms with Gasteiger partial charge < -0.3 is 0 Å². The summed E-state index contributed by atoms with van der Waals surface area (Å²) in [6.07, 6.45) is -9.00. The second-order valence-corrected chi connectivity index (χ2v) is 3.51. The van der Waals surface area contributed by atoms with Gasteiger partial charge in [-0.3, -0.25) is 22.1 Å². The van der Waals surface area contributed by atoms with Crippen LogP contribution in [0.1, 0.15) is 50.5 Å². The zero-order valence-corrected chi connectivity index (χ0v) is 18.3. The first-order valence-electron chi connectivity index (χ1n) is 6.96. The van der Waals surface area contributed by atoms with E-state index in [0.29, 0.717) is 14.4 Å². The lowest BCUT2D eigenvalue weighted by molar-refractivity contribution is -0.182. The van der Waals surface area contributed by atoms with E-state index in [-0.39, 0.29) is 43.8 Å². The van der Waals surface area contributed by atoms with Crippen LogP contribution in [0.25, 0.3) is 0 Å². The summed E-state index contributed by atoms with van der Waals surface area (Å²) in [6, 6.07) is 0. The van der Waals surface area contributed by atoms with Crippen LogP contribution in [-0.2, 0) is 15.4 Å². The Balaban J connectivity index is -0.0000000155. The topological polar surface area (TPSA) is 63.6 Å². The zero-order valence-electron chi connectivity index (χ0n) is 17.5. The number of halogens is 17. The predicted octanol–water partition coefficient (Wildman–Crippen LogP) is 10.8. The molecule has 0 saturated heterocycles. The highest BCUT2D eigenvalue weighted by Crippen LogP contribution is 2.24. The van der Waals surface area contributed by atoms with Crippen molar-refractivity contribution in [2.45, 2.75) is 62.8 Å². The van der Waals surface area contributed by atoms with Crippen LogP contribution in [-0.4, -0.2) is 80.7 Å². The maximum atomic E-state index is 11.5. The van der Waals surface area contributed by atoms with Crippen molar-refractivity contribution in [2.75, 3.05) is 55.3 Å². The van der Waals surface area contributed by atoms with Crippen molar-refractivity contribution in [2.24, 2.45) is 0 Å². The lowest BCUT2D eigenvalue weighted by Crippen LogP contribution is -2.24. The van der Waals surface area contributed by atoms with Crippen LogP contribution in [0.3, 0.4) is 0 Å². The van der Waals surface area contributed by atoms with Gasteiger partial charge in [0.2, 0.25) is 27.6 Å². The van der Waals surface area contributed by atoms with Gasteiger partial charge in [0.05, 0.1) is 27.7 Å². The second kappa shape index (κ2) is 99.3. The molecule has 1 unspecified atom stereocenters. The summed E-state index contributed by atoms with van der Waals surface area (Å²) < 4.78 is 197. The average molecular weight is 669 g/mol. The van der Waals surface area contributed by atoms with E-state index in [1.807, 2.05) is 0 Å². The first-order chi connectivity index (χ1) is 15.6. The van der Waals surface area contributed by atoms with Crippen LogP contribution in [0.4, 0.5) is 74.3 Å². The molecule has 0 heterocycles. The first kappa shape index (κ1) is 90.4. The predicted molar refractivity (Wildman–Crippen MR) is 123 cm³/mol. The van der Waals surface area contributed by atoms with Gasteiger partial charge in [0.25, 0.3) is 0 Å². The Hall–Kier alpha value is -1.32. The molecule has 22 heteroatoms. The van der Waals surface area contributed by atoms with Crippen LogP contribution in [0.5, 0.6) is 0 Å². The van der Waals surface area contributed by atoms with E-state index >= 15 is 0 Å². The van der Waals surface area contributed by atoms with E-state index < -0.39 is 63.6 Å². The molecule has 4 nitrogen and oxygen atoms in total. The molecule has 39 heavy (non-hydrogen) atoms. The Morgan fingerprint density at radius 2 is 0.846 bits per heavy atom. The molecule has 0 spiro atoms. The van der Waals surface area contributed by atoms with Gasteiger partial charge in [0, 0.05) is 6.42 Å². The second-order valence-electron chi connectivity index (χ2n) is 2.69. The fourth-order valence-electron chi connectivity index (χ4n) is 0.259. The summed E-state index contributed by atoms with van der Waals surface area (Å²) in [5.41, 5.74) is 0. The molecule has 0 radical (unpaired) electrons. The minimum atomic E-state index is -5.17. The molecular weight excluding hydrogens is 623 g/mol. The molecule has 0 fully saturated rings. The van der Waals surface area contributed by atoms with Gasteiger partial charge in [-0.1, -0.05) is 41.0 Å². The molecular formula is C17H45F17O4S. The smallest absolute Gasteiger partial charge is 0.260 e. The molecule has 1 atom stereocenters. The first-order valence-corrected chi connectivity index (χ1v) is 8.30. The third-order valence-electron chi connectivity index (χ3n) is 0.759. The molecule has 0 aromatic rings. The SMILES string of the molecule is C.C.C.C.C.CCF.CF.CF.FCCC(F)C(F)(F)F.FCF.FCF.FCF.FCOF.O=S(=O)(O)F. The largest absolute Gasteiger partial charge is 0.435 e. The Labute approximate surface area is 221 Å². The molecule has 0 aromatic carbocycles. The molecule has 0 aliphatic rings. The highest BCUT2D eigenvalue weighted by atomic mass is 32.3. The number of alkyl halides is 15. The van der Waals surface area contributed by atoms with Crippen molar-refractivity contribution >= 4 is 10.5 Å². The summed E-state index contributed by atoms with van der Waals surface area (Å²) in [5.74, 6) is 0. The highest BCUT2D eigenvalue weighted by Gasteiger charge is 2.39. The van der Waals surface area contributed by atoms with Gasteiger partial charge in [0.1, 0.15) is 0 Å². The van der Waals surface area contributed by atoms with Crippen molar-refractivity contribution in [1.82, 2.24) is 0 Å². The average Bonchev–Trinajstić information content (AvgIpc) is 2.72. The van der Waals surface area contributed by atoms with Crippen LogP contribution >= 0.6 is 0 Å². The summed E-state index contributed by atoms with van der Waals surface area (Å²) >= 11 is 0. The monoisotopic (exact) mass is 668 g/mol. The van der Waals surface area contributed by atoms with Gasteiger partial charge in [-0.25, -0.2) is 35.1 Å². The zero-order chi connectivity index (χ0) is 30.2. The van der Waals surface area contributed by atoms with Gasteiger partial charge >= 0.3 is 16.7 Å². The fraction of sp³-hybridized carbons (Fsp3) is 1.00. The van der Waals surface area contributed by atoms with Crippen molar-refractivity contribution in [3.8, 4) is 0 Å². The molecule has 0 amide bonds. The summed E-state index contributed by atoms with van der Waals surface area (Å²) in [5, 5.41) is 0. The normalized spacial score (nSPS) is 8.03. The van der Waals surface area contributed by atoms with Gasteiger partial charge in [-0.15, -0.1) is 0 Å². The summed E-state index contributed by atoms with van der Waals surface area (Å²) in [6.45, 7) is -6.67. The molecule has 0 rings (SSSR count). The van der Waals surface area contributed by atoms with Gasteiger partial charge in [0.15, 0.2) is 6.17 Å². The van der Waals surface area contributed by atoms with E-state index in [4.69, 9.17) is 13.0 Å². The maximum absolute atomic E-state index is 11.5. The van der Waals surface area contributed by atoms with Crippen LogP contribution in [0.15, 0.2) is 0 Å². The molecule has 0 bridgehead atoms. The van der Waals surface area contributed by atoms with E-state index in [2.05, 4.69) is 4.94 Å². The van der Waals surface area contributed by atoms with Crippen LogP contribution in [0.2, 0.25) is 0 Å². The number of hydrogen-bond acceptors (Lipinski definition) is 3. The van der Waals surface area contributed by atoms with E-state index in [1.54, 1.807) is 0 Å². The van der Waals surface area contributed by atoms with E-state index in [0.717, 1.165) is 0 Å². The fourth-order valence-corrected chi connectivity index (χ4v) is 0.259. The third kappa shape index (κ3) is 586. The van der Waals surface area contributed by atoms with Crippen molar-refractivity contribution < 1.29 is 92.2 Å². The Kier molecular flexibility index (Phi) is 230. The Morgan fingerprint density at radius 3 is 0.872 bits per heavy atom. The Bertz CT molecular complexity index is 326. The highest BCUT2D eigenvalue weighted by molar-refractivity contribution is 7.80. The number of hydrogen-bond donors (Lipinski definition) is 1. The lowest BCUT2D eigenvalue weighted by atomic mass is 10.3. The molecule has 1 N–H and O–H groups in total. The summed E-state index contributed by atoms with van der Waals surface area (Å²) in [7, 11) is -4.17. The van der Waals surface area contributed by atoms with Crippen LogP contribution < -0.4 is 0 Å². The minimum absolute atomic E-state index is 0. The van der Waals surface area contributed by atoms with E-state index in [9.17, 15) is 74.3 Å². The maximum Gasteiger partial charge on any atom is 0.435 e. The molecule has 0 aromatic heterocycles. The quantitative estimate of drug-likeness (QED) is 0.185. The third-order valence-corrected chi connectivity index (χ3v) is 0.759. The van der Waals surface area contributed by atoms with Crippen molar-refractivity contribution in [3.05, 3.63) is 0 Å². The lowest BCUT2D eigenvalue weighted by Gasteiger charge is -2.08.